The second-order valence-corrected chi connectivity index (χ2v) is 1.44. The molecule has 0 unspecified atom stereocenters. The average molecular weight is 126 g/mol. The number of hydrogen-bond acceptors (Lipinski definition) is 3. The van der Waals surface area contributed by atoms with Crippen LogP contribution in [0.3, 0.4) is 0 Å². The molecule has 4 nitrogen and oxygen atoms in total. The Morgan fingerprint density at radius 1 is 1.78 bits per heavy atom. The van der Waals surface area contributed by atoms with Crippen LogP contribution >= 0.6 is 0 Å². The van der Waals surface area contributed by atoms with E-state index in [0.29, 0.717) is 0 Å². The molecular formula is C5H6N2O2. The summed E-state index contributed by atoms with van der Waals surface area (Å²) in [4.78, 5) is 16.5. The zero-order chi connectivity index (χ0) is 6.69. The molecule has 0 aromatic carbocycles. The van der Waals surface area contributed by atoms with Gasteiger partial charge in [0.25, 0.3) is 11.6 Å². The molecule has 0 fully saturated rings. The van der Waals surface area contributed by atoms with Gasteiger partial charge >= 0.3 is 0 Å². The summed E-state index contributed by atoms with van der Waals surface area (Å²) in [7, 11) is 1.44. The van der Waals surface area contributed by atoms with E-state index in [1.165, 1.54) is 19.4 Å². The highest BCUT2D eigenvalue weighted by Gasteiger charge is 1.87. The fourth-order valence-electron chi connectivity index (χ4n) is 0.456. The predicted octanol–water partition coefficient (Wildman–Crippen LogP) is -0.222. The minimum absolute atomic E-state index is 0.207. The van der Waals surface area contributed by atoms with E-state index in [9.17, 15) is 4.79 Å². The van der Waals surface area contributed by atoms with Gasteiger partial charge in [-0.05, 0) is 0 Å². The zero-order valence-electron chi connectivity index (χ0n) is 4.92. The highest BCUT2D eigenvalue weighted by atomic mass is 16.5. The van der Waals surface area contributed by atoms with Crippen LogP contribution in [0.2, 0.25) is 0 Å². The molecule has 4 heteroatoms. The van der Waals surface area contributed by atoms with Crippen molar-refractivity contribution < 1.29 is 4.74 Å². The zero-order valence-corrected chi connectivity index (χ0v) is 4.92. The fraction of sp³-hybridized carbons (Fsp3) is 0.200. The molecule has 0 aliphatic heterocycles. The van der Waals surface area contributed by atoms with Crippen molar-refractivity contribution in [1.82, 2.24) is 9.97 Å². The highest BCUT2D eigenvalue weighted by Crippen LogP contribution is 1.89. The lowest BCUT2D eigenvalue weighted by atomic mass is 10.7. The lowest BCUT2D eigenvalue weighted by Gasteiger charge is -1.92. The lowest BCUT2D eigenvalue weighted by Crippen LogP contribution is -2.05. The van der Waals surface area contributed by atoms with E-state index in [1.54, 1.807) is 0 Å². The second kappa shape index (κ2) is 2.30. The van der Waals surface area contributed by atoms with Crippen molar-refractivity contribution in [2.75, 3.05) is 7.11 Å². The number of aromatic amines is 1. The third kappa shape index (κ3) is 1.28. The van der Waals surface area contributed by atoms with E-state index in [0.717, 1.165) is 0 Å². The summed E-state index contributed by atoms with van der Waals surface area (Å²) in [5.74, 6) is 0. The van der Waals surface area contributed by atoms with E-state index < -0.39 is 0 Å². The normalized spacial score (nSPS) is 9.00. The molecule has 9 heavy (non-hydrogen) atoms. The highest BCUT2D eigenvalue weighted by molar-refractivity contribution is 4.92. The monoisotopic (exact) mass is 126 g/mol. The Labute approximate surface area is 51.5 Å². The Morgan fingerprint density at radius 2 is 2.56 bits per heavy atom. The Hall–Kier alpha value is -1.32. The Morgan fingerprint density at radius 3 is 3.00 bits per heavy atom. The van der Waals surface area contributed by atoms with Crippen molar-refractivity contribution in [1.29, 1.82) is 0 Å². The van der Waals surface area contributed by atoms with Gasteiger partial charge in [-0.15, -0.1) is 0 Å². The SMILES string of the molecule is COc1nccc(=O)[nH]1. The molecule has 1 rings (SSSR count). The Kier molecular flexibility index (Phi) is 1.48. The summed E-state index contributed by atoms with van der Waals surface area (Å²) in [6, 6.07) is 1.56. The molecule has 1 aromatic rings. The van der Waals surface area contributed by atoms with Crippen molar-refractivity contribution in [3.8, 4) is 6.01 Å². The first kappa shape index (κ1) is 5.81. The summed E-state index contributed by atoms with van der Waals surface area (Å²) >= 11 is 0. The largest absolute Gasteiger partial charge is 0.468 e. The van der Waals surface area contributed by atoms with Crippen molar-refractivity contribution in [3.63, 3.8) is 0 Å². The third-order valence-electron chi connectivity index (χ3n) is 0.841. The van der Waals surface area contributed by atoms with Gasteiger partial charge in [0.1, 0.15) is 0 Å². The van der Waals surface area contributed by atoms with E-state index in [2.05, 4.69) is 14.7 Å². The molecule has 0 aliphatic carbocycles. The fourth-order valence-corrected chi connectivity index (χ4v) is 0.456. The van der Waals surface area contributed by atoms with Crippen LogP contribution in [0.5, 0.6) is 6.01 Å². The lowest BCUT2D eigenvalue weighted by molar-refractivity contribution is 0.378. The molecule has 0 aliphatic rings. The van der Waals surface area contributed by atoms with Gasteiger partial charge in [0.05, 0.1) is 7.11 Å². The molecule has 48 valence electrons. The number of ether oxygens (including phenoxy) is 1. The number of rotatable bonds is 1. The van der Waals surface area contributed by atoms with Gasteiger partial charge in [-0.1, -0.05) is 0 Å². The van der Waals surface area contributed by atoms with E-state index >= 15 is 0 Å². The molecule has 0 saturated carbocycles. The summed E-state index contributed by atoms with van der Waals surface area (Å²) in [6.45, 7) is 0. The molecule has 1 N–H and O–H groups in total. The van der Waals surface area contributed by atoms with Crippen molar-refractivity contribution in [2.45, 2.75) is 0 Å². The maximum atomic E-state index is 10.5. The van der Waals surface area contributed by atoms with Crippen LogP contribution in [-0.2, 0) is 0 Å². The molecule has 0 saturated heterocycles. The van der Waals surface area contributed by atoms with Crippen LogP contribution in [0.25, 0.3) is 0 Å². The van der Waals surface area contributed by atoms with Gasteiger partial charge < -0.3 is 4.74 Å². The van der Waals surface area contributed by atoms with Crippen molar-refractivity contribution >= 4 is 0 Å². The van der Waals surface area contributed by atoms with Crippen LogP contribution in [-0.4, -0.2) is 17.1 Å². The quantitative estimate of drug-likeness (QED) is 0.565. The summed E-state index contributed by atoms with van der Waals surface area (Å²) < 4.78 is 4.63. The number of aromatic nitrogens is 2. The van der Waals surface area contributed by atoms with E-state index in [4.69, 9.17) is 0 Å². The van der Waals surface area contributed by atoms with Gasteiger partial charge in [0.2, 0.25) is 0 Å². The molecule has 0 radical (unpaired) electrons. The maximum Gasteiger partial charge on any atom is 0.296 e. The van der Waals surface area contributed by atoms with Gasteiger partial charge in [0, 0.05) is 12.3 Å². The summed E-state index contributed by atoms with van der Waals surface area (Å²) in [5, 5.41) is 0. The Bertz CT molecular complexity index is 243. The molecule has 1 aromatic heterocycles. The van der Waals surface area contributed by atoms with Crippen LogP contribution in [0.15, 0.2) is 17.1 Å². The van der Waals surface area contributed by atoms with Gasteiger partial charge in [-0.25, -0.2) is 4.98 Å². The minimum atomic E-state index is -0.207. The number of nitrogens with zero attached hydrogens (tertiary/aromatic N) is 1. The van der Waals surface area contributed by atoms with Gasteiger partial charge in [-0.3, -0.25) is 9.78 Å². The van der Waals surface area contributed by atoms with Crippen molar-refractivity contribution in [3.05, 3.63) is 22.6 Å². The summed E-state index contributed by atoms with van der Waals surface area (Å²) in [6.07, 6.45) is 1.39. The topological polar surface area (TPSA) is 55.0 Å². The van der Waals surface area contributed by atoms with Gasteiger partial charge in [0.15, 0.2) is 0 Å². The first-order valence-corrected chi connectivity index (χ1v) is 2.42. The number of hydrogen-bond donors (Lipinski definition) is 1. The van der Waals surface area contributed by atoms with E-state index in [-0.39, 0.29) is 11.6 Å². The van der Waals surface area contributed by atoms with Crippen LogP contribution in [0, 0.1) is 0 Å². The Balaban J connectivity index is 3.08. The minimum Gasteiger partial charge on any atom is -0.468 e. The summed E-state index contributed by atoms with van der Waals surface area (Å²) in [5.41, 5.74) is -0.207. The molecule has 0 amide bonds. The molecule has 1 heterocycles. The number of H-pyrrole nitrogens is 1. The molecule has 0 atom stereocenters. The predicted molar refractivity (Wildman–Crippen MR) is 31.4 cm³/mol. The first-order valence-electron chi connectivity index (χ1n) is 2.42. The standard InChI is InChI=1S/C5H6N2O2/c1-9-5-6-3-2-4(8)7-5/h2-3H,1H3,(H,6,7,8). The second-order valence-electron chi connectivity index (χ2n) is 1.44. The molecule has 0 spiro atoms. The van der Waals surface area contributed by atoms with Crippen molar-refractivity contribution in [2.24, 2.45) is 0 Å². The number of methoxy groups -OCH3 is 1. The average Bonchev–Trinajstić information content (AvgIpc) is 1.88. The third-order valence-corrected chi connectivity index (χ3v) is 0.841. The van der Waals surface area contributed by atoms with Gasteiger partial charge in [-0.2, -0.15) is 0 Å². The smallest absolute Gasteiger partial charge is 0.296 e. The number of nitrogens with one attached hydrogen (secondary N) is 1. The van der Waals surface area contributed by atoms with Crippen LogP contribution < -0.4 is 10.3 Å². The van der Waals surface area contributed by atoms with E-state index in [1.807, 2.05) is 0 Å². The molecular weight excluding hydrogens is 120 g/mol. The first-order chi connectivity index (χ1) is 4.33. The van der Waals surface area contributed by atoms with Crippen LogP contribution in [0.4, 0.5) is 0 Å². The van der Waals surface area contributed by atoms with Crippen LogP contribution in [0.1, 0.15) is 0 Å². The maximum absolute atomic E-state index is 10.5. The molecule has 0 bridgehead atoms.